The molecule has 1 unspecified atom stereocenters. The second-order valence-corrected chi connectivity index (χ2v) is 5.91. The Balaban J connectivity index is 0.00000169. The molecule has 3 aliphatic heterocycles. The summed E-state index contributed by atoms with van der Waals surface area (Å²) < 4.78 is 40.4. The summed E-state index contributed by atoms with van der Waals surface area (Å²) in [6.07, 6.45) is 0.708. The van der Waals surface area contributed by atoms with E-state index >= 15 is 0 Å². The third kappa shape index (κ3) is 2.66. The van der Waals surface area contributed by atoms with E-state index in [0.29, 0.717) is 17.1 Å². The van der Waals surface area contributed by atoms with Crippen molar-refractivity contribution in [3.05, 3.63) is 35.6 Å². The molecule has 0 aromatic carbocycles. The SMILES string of the molecule is FC(F)(F)c1nnc2n1CCN(C1=C3C=NC=C[NH+]3C(Br)=N1)C2.[Cl-]. The first-order valence-corrected chi connectivity index (χ1v) is 7.54. The van der Waals surface area contributed by atoms with Gasteiger partial charge in [0, 0.05) is 29.0 Å². The molecule has 0 fully saturated rings. The van der Waals surface area contributed by atoms with Gasteiger partial charge in [0.25, 0.3) is 4.74 Å². The van der Waals surface area contributed by atoms with E-state index in [1.807, 2.05) is 11.1 Å². The molecule has 4 heterocycles. The van der Waals surface area contributed by atoms with Crippen LogP contribution in [0.5, 0.6) is 0 Å². The molecule has 128 valence electrons. The third-order valence-electron chi connectivity index (χ3n) is 3.79. The molecular formula is C12H10BrClF3N7. The van der Waals surface area contributed by atoms with Crippen molar-refractivity contribution in [3.63, 3.8) is 0 Å². The van der Waals surface area contributed by atoms with Crippen molar-refractivity contribution in [1.29, 1.82) is 0 Å². The summed E-state index contributed by atoms with van der Waals surface area (Å²) in [5.41, 5.74) is 0.850. The average molecular weight is 425 g/mol. The molecular weight excluding hydrogens is 415 g/mol. The van der Waals surface area contributed by atoms with Crippen LogP contribution in [-0.4, -0.2) is 37.2 Å². The number of rotatable bonds is 1. The lowest BCUT2D eigenvalue weighted by Crippen LogP contribution is -3.07. The van der Waals surface area contributed by atoms with Crippen molar-refractivity contribution in [2.24, 2.45) is 9.98 Å². The normalized spacial score (nSPS) is 22.2. The topological polar surface area (TPSA) is 63.1 Å². The van der Waals surface area contributed by atoms with E-state index < -0.39 is 12.0 Å². The molecule has 1 N–H and O–H groups in total. The number of aromatic nitrogens is 3. The molecule has 0 saturated carbocycles. The van der Waals surface area contributed by atoms with Crippen LogP contribution in [0.2, 0.25) is 0 Å². The molecule has 12 heteroatoms. The molecule has 1 aromatic heterocycles. The summed E-state index contributed by atoms with van der Waals surface area (Å²) in [4.78, 5) is 11.4. The van der Waals surface area contributed by atoms with Crippen LogP contribution in [0.4, 0.5) is 13.2 Å². The van der Waals surface area contributed by atoms with Gasteiger partial charge in [-0.1, -0.05) is 0 Å². The average Bonchev–Trinajstić information content (AvgIpc) is 3.08. The second kappa shape index (κ2) is 5.97. The minimum atomic E-state index is -4.49. The summed E-state index contributed by atoms with van der Waals surface area (Å²) in [7, 11) is 0. The van der Waals surface area contributed by atoms with Gasteiger partial charge in [-0.05, 0) is 0 Å². The van der Waals surface area contributed by atoms with Gasteiger partial charge in [0.2, 0.25) is 11.5 Å². The lowest BCUT2D eigenvalue weighted by molar-refractivity contribution is -0.685. The highest BCUT2D eigenvalue weighted by Crippen LogP contribution is 2.30. The number of amidine groups is 1. The molecule has 0 aliphatic carbocycles. The lowest BCUT2D eigenvalue weighted by atomic mass is 10.3. The number of fused-ring (bicyclic) bond motifs is 2. The number of halogens is 5. The molecule has 24 heavy (non-hydrogen) atoms. The standard InChI is InChI=1S/C12H9BrF3N7.ClH/c13-11-18-9(7-5-17-1-2-22(7)11)21-3-4-23-8(6-21)19-20-10(23)12(14,15)16;/h1-2,5H,3-4,6H2;1H. The predicted molar refractivity (Wildman–Crippen MR) is 77.4 cm³/mol. The Morgan fingerprint density at radius 1 is 1.21 bits per heavy atom. The molecule has 7 nitrogen and oxygen atoms in total. The first kappa shape index (κ1) is 17.1. The van der Waals surface area contributed by atoms with Gasteiger partial charge in [-0.15, -0.1) is 10.2 Å². The molecule has 0 spiro atoms. The first-order valence-electron chi connectivity index (χ1n) is 6.75. The number of aliphatic imine (C=N–C) groups is 2. The first-order chi connectivity index (χ1) is 10.9. The fraction of sp³-hybridized carbons (Fsp3) is 0.333. The number of quaternary nitrogens is 1. The largest absolute Gasteiger partial charge is 1.00 e. The molecule has 3 aliphatic rings. The number of nitrogens with one attached hydrogen (secondary N) is 1. The Bertz CT molecular complexity index is 795. The summed E-state index contributed by atoms with van der Waals surface area (Å²) in [5, 5.41) is 6.97. The Labute approximate surface area is 148 Å². The van der Waals surface area contributed by atoms with Crippen LogP contribution in [0, 0.1) is 0 Å². The van der Waals surface area contributed by atoms with Gasteiger partial charge < -0.3 is 21.9 Å². The van der Waals surface area contributed by atoms with Crippen LogP contribution in [0.15, 0.2) is 33.9 Å². The summed E-state index contributed by atoms with van der Waals surface area (Å²) >= 11 is 3.40. The zero-order chi connectivity index (χ0) is 16.2. The van der Waals surface area contributed by atoms with Crippen LogP contribution in [-0.2, 0) is 19.3 Å². The number of nitrogens with zero attached hydrogens (tertiary/aromatic N) is 6. The van der Waals surface area contributed by atoms with Crippen molar-refractivity contribution in [2.75, 3.05) is 6.54 Å². The van der Waals surface area contributed by atoms with E-state index in [0.717, 1.165) is 15.2 Å². The minimum Gasteiger partial charge on any atom is -1.00 e. The molecule has 0 amide bonds. The van der Waals surface area contributed by atoms with Crippen molar-refractivity contribution in [2.45, 2.75) is 19.3 Å². The summed E-state index contributed by atoms with van der Waals surface area (Å²) in [6.45, 7) is 0.765. The number of hydrogen-bond donors (Lipinski definition) is 1. The van der Waals surface area contributed by atoms with Crippen molar-refractivity contribution < 1.29 is 30.5 Å². The van der Waals surface area contributed by atoms with E-state index in [1.165, 1.54) is 0 Å². The van der Waals surface area contributed by atoms with Crippen LogP contribution in [0.1, 0.15) is 11.6 Å². The minimum absolute atomic E-state index is 0. The molecule has 0 bridgehead atoms. The fourth-order valence-electron chi connectivity index (χ4n) is 2.76. The maximum atomic E-state index is 12.9. The lowest BCUT2D eigenvalue weighted by Gasteiger charge is -2.28. The van der Waals surface area contributed by atoms with Gasteiger partial charge in [0.1, 0.15) is 6.20 Å². The Morgan fingerprint density at radius 3 is 2.75 bits per heavy atom. The zero-order valence-electron chi connectivity index (χ0n) is 11.9. The van der Waals surface area contributed by atoms with Crippen molar-refractivity contribution in [3.8, 4) is 0 Å². The smallest absolute Gasteiger partial charge is 0.451 e. The molecule has 1 aromatic rings. The van der Waals surface area contributed by atoms with Crippen LogP contribution in [0.3, 0.4) is 0 Å². The summed E-state index contributed by atoms with van der Waals surface area (Å²) in [6, 6.07) is 0. The van der Waals surface area contributed by atoms with Crippen molar-refractivity contribution in [1.82, 2.24) is 19.7 Å². The van der Waals surface area contributed by atoms with Crippen LogP contribution in [0.25, 0.3) is 0 Å². The highest BCUT2D eigenvalue weighted by atomic mass is 79.9. The van der Waals surface area contributed by atoms with E-state index in [2.05, 4.69) is 36.1 Å². The van der Waals surface area contributed by atoms with Crippen LogP contribution >= 0.6 is 15.9 Å². The van der Waals surface area contributed by atoms with Gasteiger partial charge in [-0.25, -0.2) is 4.90 Å². The number of hydrogen-bond acceptors (Lipinski definition) is 5. The van der Waals surface area contributed by atoms with E-state index in [1.54, 1.807) is 12.4 Å². The number of allylic oxidation sites excluding steroid dienone is 1. The Hall–Kier alpha value is -1.72. The second-order valence-electron chi connectivity index (χ2n) is 5.16. The van der Waals surface area contributed by atoms with Gasteiger partial charge in [0.15, 0.2) is 11.6 Å². The molecule has 0 radical (unpaired) electrons. The molecule has 0 saturated heterocycles. The Kier molecular flexibility index (Phi) is 4.26. The van der Waals surface area contributed by atoms with E-state index in [4.69, 9.17) is 0 Å². The van der Waals surface area contributed by atoms with Crippen molar-refractivity contribution >= 4 is 26.9 Å². The highest BCUT2D eigenvalue weighted by molar-refractivity contribution is 9.18. The quantitative estimate of drug-likeness (QED) is 0.507. The van der Waals surface area contributed by atoms with Gasteiger partial charge in [0.05, 0.1) is 19.0 Å². The zero-order valence-corrected chi connectivity index (χ0v) is 14.3. The van der Waals surface area contributed by atoms with Gasteiger partial charge in [-0.2, -0.15) is 18.2 Å². The predicted octanol–water partition coefficient (Wildman–Crippen LogP) is -2.51. The maximum Gasteiger partial charge on any atom is 0.451 e. The van der Waals surface area contributed by atoms with Crippen LogP contribution < -0.4 is 17.3 Å². The maximum absolute atomic E-state index is 12.9. The monoisotopic (exact) mass is 423 g/mol. The van der Waals surface area contributed by atoms with E-state index in [9.17, 15) is 13.2 Å². The number of alkyl halides is 3. The third-order valence-corrected chi connectivity index (χ3v) is 4.40. The fourth-order valence-corrected chi connectivity index (χ4v) is 3.27. The van der Waals surface area contributed by atoms with Gasteiger partial charge >= 0.3 is 6.18 Å². The molecule has 4 rings (SSSR count). The van der Waals surface area contributed by atoms with Gasteiger partial charge in [-0.3, -0.25) is 4.99 Å². The van der Waals surface area contributed by atoms with E-state index in [-0.39, 0.29) is 31.3 Å². The highest BCUT2D eigenvalue weighted by Gasteiger charge is 2.41. The Morgan fingerprint density at radius 2 is 2.00 bits per heavy atom. The molecule has 1 atom stereocenters. The summed E-state index contributed by atoms with van der Waals surface area (Å²) in [5.74, 6) is 0.0119.